The molecular formula is C19H19NO. The molecule has 21 heavy (non-hydrogen) atoms. The van der Waals surface area contributed by atoms with Crippen LogP contribution in [0.2, 0.25) is 0 Å². The lowest BCUT2D eigenvalue weighted by atomic mass is 9.97. The highest BCUT2D eigenvalue weighted by Gasteiger charge is 2.26. The van der Waals surface area contributed by atoms with E-state index in [1.54, 1.807) is 0 Å². The first-order chi connectivity index (χ1) is 9.98. The van der Waals surface area contributed by atoms with Gasteiger partial charge in [0.2, 0.25) is 0 Å². The largest absolute Gasteiger partial charge is 0.483 e. The summed E-state index contributed by atoms with van der Waals surface area (Å²) in [6.07, 6.45) is 4.36. The summed E-state index contributed by atoms with van der Waals surface area (Å²) in [5, 5.41) is 2.61. The Kier molecular flexibility index (Phi) is 2.33. The van der Waals surface area contributed by atoms with Gasteiger partial charge in [-0.1, -0.05) is 18.2 Å². The molecule has 4 rings (SSSR count). The van der Waals surface area contributed by atoms with Crippen LogP contribution in [0.15, 0.2) is 36.4 Å². The number of para-hydroxylation sites is 1. The van der Waals surface area contributed by atoms with Gasteiger partial charge in [0.1, 0.15) is 11.4 Å². The van der Waals surface area contributed by atoms with Gasteiger partial charge >= 0.3 is 0 Å². The first kappa shape index (κ1) is 12.5. The van der Waals surface area contributed by atoms with Crippen molar-refractivity contribution in [2.24, 2.45) is 7.05 Å². The third-order valence-corrected chi connectivity index (χ3v) is 4.38. The zero-order valence-electron chi connectivity index (χ0n) is 12.9. The summed E-state index contributed by atoms with van der Waals surface area (Å²) in [7, 11) is 2.13. The third-order valence-electron chi connectivity index (χ3n) is 4.38. The molecule has 0 amide bonds. The molecule has 0 atom stereocenters. The second kappa shape index (κ2) is 3.91. The van der Waals surface area contributed by atoms with Crippen LogP contribution in [-0.2, 0) is 7.05 Å². The predicted octanol–water partition coefficient (Wildman–Crippen LogP) is 4.82. The van der Waals surface area contributed by atoms with E-state index >= 15 is 0 Å². The molecule has 2 heterocycles. The van der Waals surface area contributed by atoms with Crippen LogP contribution >= 0.6 is 0 Å². The van der Waals surface area contributed by atoms with E-state index in [2.05, 4.69) is 74.9 Å². The Morgan fingerprint density at radius 3 is 2.67 bits per heavy atom. The van der Waals surface area contributed by atoms with Crippen molar-refractivity contribution in [3.05, 3.63) is 47.5 Å². The number of aromatic nitrogens is 1. The summed E-state index contributed by atoms with van der Waals surface area (Å²) in [6, 6.07) is 10.8. The smallest absolute Gasteiger partial charge is 0.132 e. The van der Waals surface area contributed by atoms with E-state index in [-0.39, 0.29) is 5.60 Å². The molecule has 0 N–H and O–H groups in total. The SMILES string of the molecule is Cc1cc2c3ccccc3n(C)c2c2c1OC(C)(C)C=C2. The molecule has 0 fully saturated rings. The molecule has 0 spiro atoms. The quantitative estimate of drug-likeness (QED) is 0.574. The summed E-state index contributed by atoms with van der Waals surface area (Å²) in [4.78, 5) is 0. The van der Waals surface area contributed by atoms with E-state index in [1.165, 1.54) is 32.9 Å². The molecule has 0 aliphatic carbocycles. The zero-order chi connectivity index (χ0) is 14.8. The van der Waals surface area contributed by atoms with Gasteiger partial charge in [-0.15, -0.1) is 0 Å². The Balaban J connectivity index is 2.20. The van der Waals surface area contributed by atoms with Gasteiger partial charge < -0.3 is 9.30 Å². The molecule has 1 aliphatic rings. The number of fused-ring (bicyclic) bond motifs is 5. The minimum absolute atomic E-state index is 0.240. The van der Waals surface area contributed by atoms with Crippen molar-refractivity contribution in [3.63, 3.8) is 0 Å². The number of hydrogen-bond acceptors (Lipinski definition) is 1. The Labute approximate surface area is 124 Å². The van der Waals surface area contributed by atoms with Crippen LogP contribution in [0.1, 0.15) is 25.0 Å². The second-order valence-electron chi connectivity index (χ2n) is 6.45. The maximum absolute atomic E-state index is 6.21. The van der Waals surface area contributed by atoms with E-state index < -0.39 is 0 Å². The first-order valence-electron chi connectivity index (χ1n) is 7.37. The minimum atomic E-state index is -0.240. The summed E-state index contributed by atoms with van der Waals surface area (Å²) < 4.78 is 8.48. The number of benzene rings is 2. The summed E-state index contributed by atoms with van der Waals surface area (Å²) in [6.45, 7) is 6.32. The standard InChI is InChI=1S/C19H19NO/c1-12-11-15-13-7-5-6-8-16(13)20(4)17(15)14-9-10-19(2,3)21-18(12)14/h5-11H,1-4H3. The fourth-order valence-corrected chi connectivity index (χ4v) is 3.37. The zero-order valence-corrected chi connectivity index (χ0v) is 12.9. The number of ether oxygens (including phenoxy) is 1. The van der Waals surface area contributed by atoms with Crippen molar-refractivity contribution in [2.45, 2.75) is 26.4 Å². The Morgan fingerprint density at radius 1 is 1.10 bits per heavy atom. The lowest BCUT2D eigenvalue weighted by Crippen LogP contribution is -2.28. The van der Waals surface area contributed by atoms with E-state index in [1.807, 2.05) is 0 Å². The van der Waals surface area contributed by atoms with Crippen LogP contribution in [0.4, 0.5) is 0 Å². The monoisotopic (exact) mass is 277 g/mol. The van der Waals surface area contributed by atoms with Gasteiger partial charge in [-0.2, -0.15) is 0 Å². The lowest BCUT2D eigenvalue weighted by Gasteiger charge is -2.29. The molecule has 1 aromatic heterocycles. The molecule has 0 saturated carbocycles. The number of aryl methyl sites for hydroxylation is 2. The molecule has 1 aliphatic heterocycles. The molecule has 2 heteroatoms. The Morgan fingerprint density at radius 2 is 1.86 bits per heavy atom. The van der Waals surface area contributed by atoms with Crippen molar-refractivity contribution in [3.8, 4) is 5.75 Å². The Hall–Kier alpha value is -2.22. The molecule has 2 aromatic carbocycles. The summed E-state index contributed by atoms with van der Waals surface area (Å²) >= 11 is 0. The van der Waals surface area contributed by atoms with E-state index in [4.69, 9.17) is 4.74 Å². The van der Waals surface area contributed by atoms with Crippen LogP contribution in [-0.4, -0.2) is 10.2 Å². The van der Waals surface area contributed by atoms with Gasteiger partial charge in [0, 0.05) is 28.9 Å². The maximum Gasteiger partial charge on any atom is 0.132 e. The van der Waals surface area contributed by atoms with Gasteiger partial charge in [0.25, 0.3) is 0 Å². The molecule has 0 saturated heterocycles. The molecule has 2 nitrogen and oxygen atoms in total. The second-order valence-corrected chi connectivity index (χ2v) is 6.45. The van der Waals surface area contributed by atoms with Gasteiger partial charge in [0.05, 0.1) is 5.52 Å². The average Bonchev–Trinajstić information content (AvgIpc) is 2.73. The molecule has 106 valence electrons. The molecular weight excluding hydrogens is 258 g/mol. The summed E-state index contributed by atoms with van der Waals surface area (Å²) in [5.74, 6) is 1.01. The van der Waals surface area contributed by atoms with Crippen LogP contribution in [0.3, 0.4) is 0 Å². The fraction of sp³-hybridized carbons (Fsp3) is 0.263. The molecule has 0 radical (unpaired) electrons. The van der Waals surface area contributed by atoms with Crippen molar-refractivity contribution in [2.75, 3.05) is 0 Å². The first-order valence-corrected chi connectivity index (χ1v) is 7.37. The summed E-state index contributed by atoms with van der Waals surface area (Å²) in [5.41, 5.74) is 4.67. The highest BCUT2D eigenvalue weighted by molar-refractivity contribution is 6.11. The third kappa shape index (κ3) is 1.65. The minimum Gasteiger partial charge on any atom is -0.483 e. The number of hydrogen-bond donors (Lipinski definition) is 0. The van der Waals surface area contributed by atoms with Crippen molar-refractivity contribution >= 4 is 27.9 Å². The van der Waals surface area contributed by atoms with Crippen LogP contribution in [0.25, 0.3) is 27.9 Å². The maximum atomic E-state index is 6.21. The predicted molar refractivity (Wildman–Crippen MR) is 88.9 cm³/mol. The highest BCUT2D eigenvalue weighted by atomic mass is 16.5. The van der Waals surface area contributed by atoms with E-state index in [9.17, 15) is 0 Å². The van der Waals surface area contributed by atoms with Crippen molar-refractivity contribution in [1.82, 2.24) is 4.57 Å². The van der Waals surface area contributed by atoms with Gasteiger partial charge in [-0.05, 0) is 50.6 Å². The molecule has 0 unspecified atom stereocenters. The molecule has 0 bridgehead atoms. The topological polar surface area (TPSA) is 14.2 Å². The fourth-order valence-electron chi connectivity index (χ4n) is 3.37. The highest BCUT2D eigenvalue weighted by Crippen LogP contribution is 2.41. The average molecular weight is 277 g/mol. The normalized spacial score (nSPS) is 16.2. The Bertz CT molecular complexity index is 912. The van der Waals surface area contributed by atoms with Gasteiger partial charge in [-0.3, -0.25) is 0 Å². The molecule has 3 aromatic rings. The lowest BCUT2D eigenvalue weighted by molar-refractivity contribution is 0.158. The van der Waals surface area contributed by atoms with Gasteiger partial charge in [-0.25, -0.2) is 0 Å². The van der Waals surface area contributed by atoms with Crippen molar-refractivity contribution < 1.29 is 4.74 Å². The van der Waals surface area contributed by atoms with E-state index in [0.717, 1.165) is 5.75 Å². The number of rotatable bonds is 0. The van der Waals surface area contributed by atoms with Gasteiger partial charge in [0.15, 0.2) is 0 Å². The van der Waals surface area contributed by atoms with E-state index in [0.29, 0.717) is 0 Å². The van der Waals surface area contributed by atoms with Crippen molar-refractivity contribution in [1.29, 1.82) is 0 Å². The van der Waals surface area contributed by atoms with Crippen LogP contribution in [0, 0.1) is 6.92 Å². The van der Waals surface area contributed by atoms with Crippen LogP contribution in [0.5, 0.6) is 5.75 Å². The van der Waals surface area contributed by atoms with Crippen LogP contribution < -0.4 is 4.74 Å². The number of nitrogens with zero attached hydrogens (tertiary/aromatic N) is 1.